The summed E-state index contributed by atoms with van der Waals surface area (Å²) < 4.78 is 42.4. The molecule has 1 aromatic carbocycles. The summed E-state index contributed by atoms with van der Waals surface area (Å²) >= 11 is 0. The second-order valence-corrected chi connectivity index (χ2v) is 17.1. The molecule has 52 heavy (non-hydrogen) atoms. The number of hydrogen-bond acceptors (Lipinski definition) is 9. The Kier molecular flexibility index (Phi) is 11.6. The van der Waals surface area contributed by atoms with Gasteiger partial charge in [0.1, 0.15) is 29.3 Å². The number of amides is 4. The van der Waals surface area contributed by atoms with E-state index in [-0.39, 0.29) is 25.4 Å². The molecule has 1 unspecified atom stereocenters. The van der Waals surface area contributed by atoms with Crippen LogP contribution in [0.5, 0.6) is 6.01 Å². The Bertz CT molecular complexity index is 1800. The summed E-state index contributed by atoms with van der Waals surface area (Å²) in [7, 11) is -1.56. The molecular weight excluding hydrogens is 691 g/mol. The van der Waals surface area contributed by atoms with E-state index in [9.17, 15) is 27.6 Å². The van der Waals surface area contributed by atoms with Crippen LogP contribution < -0.4 is 20.1 Å². The molecule has 1 aliphatic carbocycles. The van der Waals surface area contributed by atoms with Gasteiger partial charge in [-0.25, -0.2) is 9.52 Å². The van der Waals surface area contributed by atoms with Crippen LogP contribution in [0.25, 0.3) is 11.0 Å². The maximum absolute atomic E-state index is 14.5. The molecule has 3 heterocycles. The molecule has 6 atom stereocenters. The molecule has 2 aromatic rings. The number of carbonyl (C=O) groups excluding carboxylic acids is 4. The van der Waals surface area contributed by atoms with Crippen molar-refractivity contribution in [2.45, 2.75) is 121 Å². The molecular formula is C36H53N7O8S. The van der Waals surface area contributed by atoms with Crippen LogP contribution in [0, 0.1) is 5.92 Å². The highest BCUT2D eigenvalue weighted by molar-refractivity contribution is 7.87. The number of para-hydroxylation sites is 2. The third-order valence-corrected chi connectivity index (χ3v) is 11.3. The number of alkyl carbamates (subject to hydrolysis) is 1. The Hall–Kier alpha value is -4.18. The molecule has 3 N–H and O–H groups in total. The van der Waals surface area contributed by atoms with Crippen molar-refractivity contribution < 1.29 is 37.1 Å². The number of rotatable bonds is 8. The highest BCUT2D eigenvalue weighted by Gasteiger charge is 2.61. The lowest BCUT2D eigenvalue weighted by atomic mass is 10.0. The molecule has 0 spiro atoms. The van der Waals surface area contributed by atoms with E-state index in [0.717, 1.165) is 34.6 Å². The van der Waals surface area contributed by atoms with Crippen molar-refractivity contribution in [2.75, 3.05) is 20.6 Å². The van der Waals surface area contributed by atoms with Crippen LogP contribution in [0.15, 0.2) is 36.4 Å². The Morgan fingerprint density at radius 1 is 1.15 bits per heavy atom. The summed E-state index contributed by atoms with van der Waals surface area (Å²) in [6, 6.07) is 5.98. The van der Waals surface area contributed by atoms with Crippen LogP contribution in [-0.4, -0.2) is 101 Å². The Morgan fingerprint density at radius 2 is 1.88 bits per heavy atom. The van der Waals surface area contributed by atoms with E-state index >= 15 is 0 Å². The standard InChI is InChI=1S/C36H53N7O8S/c1-8-23(2)43-28-19-15-14-17-26(28)37-33(43)50-25-20-29-30(44)39-36(32(46)40-52(48,49)41(6)7)21-24(36)16-12-10-9-11-13-18-27(31(45)42(29)22-25)38-34(47)51-35(3,4)5/h12,14-17,19,23-25,27,29H,8-11,13,18,20-22H2,1-7H3,(H,38,47)(H,39,44)(H,40,46)/b16-12-/t23?,24-,25-,27+,29+,36-/m1/s1. The summed E-state index contributed by atoms with van der Waals surface area (Å²) in [5.41, 5.74) is -0.702. The molecule has 4 amide bonds. The molecule has 3 aliphatic rings. The van der Waals surface area contributed by atoms with E-state index < -0.39 is 69.3 Å². The maximum Gasteiger partial charge on any atom is 0.408 e. The first kappa shape index (κ1) is 39.0. The number of nitrogens with one attached hydrogen (secondary N) is 3. The van der Waals surface area contributed by atoms with Crippen LogP contribution in [0.4, 0.5) is 4.79 Å². The first-order valence-corrected chi connectivity index (χ1v) is 19.6. The third-order valence-electron chi connectivity index (χ3n) is 9.91. The van der Waals surface area contributed by atoms with E-state index in [1.165, 1.54) is 19.0 Å². The second-order valence-electron chi connectivity index (χ2n) is 15.2. The Morgan fingerprint density at radius 3 is 2.58 bits per heavy atom. The Labute approximate surface area is 306 Å². The summed E-state index contributed by atoms with van der Waals surface area (Å²) in [5, 5.41) is 5.60. The fourth-order valence-corrected chi connectivity index (χ4v) is 7.38. The predicted molar refractivity (Wildman–Crippen MR) is 194 cm³/mol. The lowest BCUT2D eigenvalue weighted by molar-refractivity contribution is -0.141. The van der Waals surface area contributed by atoms with Crippen LogP contribution in [0.1, 0.15) is 92.0 Å². The second kappa shape index (κ2) is 15.4. The zero-order chi connectivity index (χ0) is 38.0. The number of benzene rings is 1. The van der Waals surface area contributed by atoms with E-state index in [2.05, 4.69) is 29.2 Å². The van der Waals surface area contributed by atoms with Gasteiger partial charge in [0, 0.05) is 32.5 Å². The van der Waals surface area contributed by atoms with Crippen molar-refractivity contribution >= 4 is 45.1 Å². The Balaban J connectivity index is 1.49. The van der Waals surface area contributed by atoms with Crippen molar-refractivity contribution in [3.8, 4) is 6.01 Å². The van der Waals surface area contributed by atoms with Crippen molar-refractivity contribution in [1.82, 2.24) is 34.1 Å². The van der Waals surface area contributed by atoms with E-state index in [4.69, 9.17) is 14.5 Å². The SMILES string of the molecule is CCC(C)n1c(O[C@@H]2C[C@H]3C(=O)N[C@]4(C(=O)NS(=O)(=O)N(C)C)C[C@H]4/C=C\CCCCC[C@H](NC(=O)OC(C)(C)C)C(=O)N3C2)nc2ccccc21. The number of ether oxygens (including phenoxy) is 2. The molecule has 0 radical (unpaired) electrons. The molecule has 1 saturated carbocycles. The first-order valence-electron chi connectivity index (χ1n) is 18.1. The monoisotopic (exact) mass is 743 g/mol. The highest BCUT2D eigenvalue weighted by atomic mass is 32.2. The predicted octanol–water partition coefficient (Wildman–Crippen LogP) is 3.57. The van der Waals surface area contributed by atoms with Gasteiger partial charge in [-0.2, -0.15) is 17.7 Å². The number of allylic oxidation sites excluding steroid dienone is 1. The molecule has 2 fully saturated rings. The average Bonchev–Trinajstić information content (AvgIpc) is 3.39. The van der Waals surface area contributed by atoms with Gasteiger partial charge in [-0.3, -0.25) is 19.0 Å². The van der Waals surface area contributed by atoms with Gasteiger partial charge in [0.05, 0.1) is 17.6 Å². The number of aromatic nitrogens is 2. The van der Waals surface area contributed by atoms with E-state index in [0.29, 0.717) is 25.3 Å². The maximum atomic E-state index is 14.5. The lowest BCUT2D eigenvalue weighted by Crippen LogP contribution is -2.58. The fraction of sp³-hybridized carbons (Fsp3) is 0.639. The topological polar surface area (TPSA) is 181 Å². The lowest BCUT2D eigenvalue weighted by Gasteiger charge is -2.30. The van der Waals surface area contributed by atoms with Gasteiger partial charge in [-0.05, 0) is 71.9 Å². The van der Waals surface area contributed by atoms with E-state index in [1.54, 1.807) is 20.8 Å². The van der Waals surface area contributed by atoms with Gasteiger partial charge >= 0.3 is 16.3 Å². The van der Waals surface area contributed by atoms with Crippen LogP contribution in [-0.2, 0) is 29.3 Å². The van der Waals surface area contributed by atoms with E-state index in [1.807, 2.05) is 41.0 Å². The normalized spacial score (nSPS) is 27.0. The summed E-state index contributed by atoms with van der Waals surface area (Å²) in [6.45, 7) is 9.32. The zero-order valence-electron chi connectivity index (χ0n) is 31.2. The fourth-order valence-electron chi connectivity index (χ4n) is 6.78. The van der Waals surface area contributed by atoms with Crippen molar-refractivity contribution in [2.24, 2.45) is 5.92 Å². The molecule has 0 bridgehead atoms. The molecule has 5 rings (SSSR count). The summed E-state index contributed by atoms with van der Waals surface area (Å²) in [4.78, 5) is 61.6. The summed E-state index contributed by atoms with van der Waals surface area (Å²) in [6.07, 6.45) is 6.59. The minimum Gasteiger partial charge on any atom is -0.459 e. The average molecular weight is 744 g/mol. The van der Waals surface area contributed by atoms with Gasteiger partial charge in [0.25, 0.3) is 11.9 Å². The number of carbonyl (C=O) groups is 4. The minimum absolute atomic E-state index is 0.00463. The quantitative estimate of drug-likeness (QED) is 0.341. The van der Waals surface area contributed by atoms with Crippen LogP contribution in [0.3, 0.4) is 0 Å². The number of nitrogens with zero attached hydrogens (tertiary/aromatic N) is 4. The van der Waals surface area contributed by atoms with Gasteiger partial charge in [0.2, 0.25) is 11.8 Å². The zero-order valence-corrected chi connectivity index (χ0v) is 32.0. The van der Waals surface area contributed by atoms with Crippen molar-refractivity contribution in [3.63, 3.8) is 0 Å². The highest BCUT2D eigenvalue weighted by Crippen LogP contribution is 2.46. The van der Waals surface area contributed by atoms with Crippen molar-refractivity contribution in [3.05, 3.63) is 36.4 Å². The number of hydrogen-bond donors (Lipinski definition) is 3. The number of fused-ring (bicyclic) bond motifs is 3. The van der Waals surface area contributed by atoms with Crippen LogP contribution >= 0.6 is 0 Å². The van der Waals surface area contributed by atoms with Gasteiger partial charge in [-0.1, -0.05) is 44.1 Å². The van der Waals surface area contributed by atoms with Gasteiger partial charge < -0.3 is 25.0 Å². The molecule has 16 heteroatoms. The number of imidazole rings is 1. The smallest absolute Gasteiger partial charge is 0.408 e. The van der Waals surface area contributed by atoms with Crippen LogP contribution in [0.2, 0.25) is 0 Å². The molecule has 1 saturated heterocycles. The summed E-state index contributed by atoms with van der Waals surface area (Å²) in [5.74, 6) is -2.42. The first-order chi connectivity index (χ1) is 24.5. The largest absolute Gasteiger partial charge is 0.459 e. The minimum atomic E-state index is -4.16. The molecule has 15 nitrogen and oxygen atoms in total. The molecule has 2 aliphatic heterocycles. The van der Waals surface area contributed by atoms with Crippen molar-refractivity contribution in [1.29, 1.82) is 0 Å². The molecule has 1 aromatic heterocycles. The van der Waals surface area contributed by atoms with Gasteiger partial charge in [0.15, 0.2) is 0 Å². The van der Waals surface area contributed by atoms with Gasteiger partial charge in [-0.15, -0.1) is 0 Å². The molecule has 286 valence electrons. The third kappa shape index (κ3) is 8.71.